The zero-order chi connectivity index (χ0) is 23.0. The van der Waals surface area contributed by atoms with Gasteiger partial charge in [0.2, 0.25) is 0 Å². The van der Waals surface area contributed by atoms with Crippen molar-refractivity contribution in [2.24, 2.45) is 0 Å². The van der Waals surface area contributed by atoms with Crippen molar-refractivity contribution >= 4 is 5.91 Å². The Balaban J connectivity index is 1.57. The number of benzene rings is 2. The summed E-state index contributed by atoms with van der Waals surface area (Å²) in [6.07, 6.45) is 1.55. The van der Waals surface area contributed by atoms with E-state index in [1.807, 2.05) is 24.3 Å². The van der Waals surface area contributed by atoms with Crippen LogP contribution >= 0.6 is 0 Å². The zero-order valence-electron chi connectivity index (χ0n) is 19.2. The van der Waals surface area contributed by atoms with Crippen molar-refractivity contribution in [3.63, 3.8) is 0 Å². The molecule has 4 rings (SSSR count). The van der Waals surface area contributed by atoms with Gasteiger partial charge >= 0.3 is 0 Å². The molecule has 1 N–H and O–H groups in total. The summed E-state index contributed by atoms with van der Waals surface area (Å²) in [5, 5.41) is 3.03. The molecule has 1 amide bonds. The number of aryl methyl sites for hydroxylation is 1. The van der Waals surface area contributed by atoms with E-state index in [0.717, 1.165) is 62.6 Å². The third-order valence-electron chi connectivity index (χ3n) is 6.23. The Kier molecular flexibility index (Phi) is 7.92. The van der Waals surface area contributed by atoms with Crippen LogP contribution < -0.4 is 5.32 Å². The minimum Gasteiger partial charge on any atom is -0.379 e. The summed E-state index contributed by atoms with van der Waals surface area (Å²) < 4.78 is 21.0. The second kappa shape index (κ2) is 11.3. The van der Waals surface area contributed by atoms with Gasteiger partial charge in [-0.15, -0.1) is 0 Å². The van der Waals surface area contributed by atoms with Crippen LogP contribution in [0.5, 0.6) is 0 Å². The fraction of sp³-hybridized carbons (Fsp3) is 0.370. The maximum Gasteiger partial charge on any atom is 0.253 e. The molecule has 174 valence electrons. The summed E-state index contributed by atoms with van der Waals surface area (Å²) in [6, 6.07) is 18.6. The summed E-state index contributed by atoms with van der Waals surface area (Å²) in [5.74, 6) is -0.370. The smallest absolute Gasteiger partial charge is 0.253 e. The summed E-state index contributed by atoms with van der Waals surface area (Å²) >= 11 is 0. The van der Waals surface area contributed by atoms with Crippen LogP contribution in [0.4, 0.5) is 4.39 Å². The first-order chi connectivity index (χ1) is 16.1. The quantitative estimate of drug-likeness (QED) is 0.536. The fourth-order valence-electron chi connectivity index (χ4n) is 4.34. The van der Waals surface area contributed by atoms with Gasteiger partial charge in [-0.05, 0) is 35.7 Å². The molecule has 1 fully saturated rings. The number of hydrogen-bond donors (Lipinski definition) is 1. The third kappa shape index (κ3) is 6.09. The minimum atomic E-state index is -0.278. The third-order valence-corrected chi connectivity index (χ3v) is 6.23. The lowest BCUT2D eigenvalue weighted by molar-refractivity contribution is 0.0362. The highest BCUT2D eigenvalue weighted by atomic mass is 19.1. The number of nitrogens with zero attached hydrogens (tertiary/aromatic N) is 2. The highest BCUT2D eigenvalue weighted by molar-refractivity contribution is 5.95. The lowest BCUT2D eigenvalue weighted by Gasteiger charge is -2.27. The lowest BCUT2D eigenvalue weighted by atomic mass is 10.1. The molecule has 1 aliphatic heterocycles. The molecule has 0 unspecified atom stereocenters. The second-order valence-electron chi connectivity index (χ2n) is 8.43. The molecule has 1 saturated heterocycles. The van der Waals surface area contributed by atoms with Crippen molar-refractivity contribution in [2.75, 3.05) is 32.8 Å². The van der Waals surface area contributed by atoms with E-state index in [4.69, 9.17) is 4.74 Å². The average Bonchev–Trinajstić information content (AvgIpc) is 3.20. The Bertz CT molecular complexity index is 1040. The Morgan fingerprint density at radius 2 is 1.73 bits per heavy atom. The molecule has 2 heterocycles. The molecule has 0 atom stereocenters. The predicted molar refractivity (Wildman–Crippen MR) is 128 cm³/mol. The average molecular weight is 450 g/mol. The largest absolute Gasteiger partial charge is 0.379 e. The minimum absolute atomic E-state index is 0.0925. The summed E-state index contributed by atoms with van der Waals surface area (Å²) in [4.78, 5) is 15.7. The number of ether oxygens (including phenoxy) is 1. The summed E-state index contributed by atoms with van der Waals surface area (Å²) in [5.41, 5.74) is 4.99. The fourth-order valence-corrected chi connectivity index (χ4v) is 4.34. The number of halogens is 1. The van der Waals surface area contributed by atoms with Crippen LogP contribution in [0.3, 0.4) is 0 Å². The molecule has 0 saturated carbocycles. The van der Waals surface area contributed by atoms with Crippen LogP contribution in [-0.4, -0.2) is 48.2 Å². The van der Waals surface area contributed by atoms with E-state index in [-0.39, 0.29) is 11.7 Å². The van der Waals surface area contributed by atoms with Gasteiger partial charge in [0, 0.05) is 50.5 Å². The Hall–Kier alpha value is -2.96. The molecule has 0 bridgehead atoms. The molecular formula is C27H32FN3O2. The number of hydrogen-bond acceptors (Lipinski definition) is 3. The van der Waals surface area contributed by atoms with E-state index < -0.39 is 0 Å². The van der Waals surface area contributed by atoms with Crippen LogP contribution in [0.25, 0.3) is 0 Å². The van der Waals surface area contributed by atoms with Gasteiger partial charge in [0.05, 0.1) is 18.8 Å². The molecule has 5 nitrogen and oxygen atoms in total. The SMILES string of the molecule is CCc1cc(C(=O)NCc2ccc(F)cc2)c(Cc2ccccc2)n1CCN1CCOCC1. The molecular weight excluding hydrogens is 417 g/mol. The van der Waals surface area contributed by atoms with Gasteiger partial charge in [-0.1, -0.05) is 49.4 Å². The van der Waals surface area contributed by atoms with E-state index in [1.165, 1.54) is 23.4 Å². The van der Waals surface area contributed by atoms with Gasteiger partial charge < -0.3 is 14.6 Å². The highest BCUT2D eigenvalue weighted by Gasteiger charge is 2.21. The van der Waals surface area contributed by atoms with Crippen LogP contribution in [0.2, 0.25) is 0 Å². The van der Waals surface area contributed by atoms with E-state index in [9.17, 15) is 9.18 Å². The van der Waals surface area contributed by atoms with Crippen molar-refractivity contribution < 1.29 is 13.9 Å². The molecule has 1 aromatic heterocycles. The number of amides is 1. The Morgan fingerprint density at radius 1 is 1.00 bits per heavy atom. The predicted octanol–water partition coefficient (Wildman–Crippen LogP) is 4.04. The standard InChI is InChI=1S/C27H32FN3O2/c1-2-24-19-25(27(32)29-20-22-8-10-23(28)11-9-22)26(18-21-6-4-3-5-7-21)31(24)13-12-30-14-16-33-17-15-30/h3-11,19H,2,12-18,20H2,1H3,(H,29,32). The lowest BCUT2D eigenvalue weighted by Crippen LogP contribution is -2.38. The van der Waals surface area contributed by atoms with E-state index in [1.54, 1.807) is 12.1 Å². The van der Waals surface area contributed by atoms with Gasteiger partial charge in [0.25, 0.3) is 5.91 Å². The number of carbonyl (C=O) groups excluding carboxylic acids is 1. The number of nitrogens with one attached hydrogen (secondary N) is 1. The topological polar surface area (TPSA) is 46.5 Å². The van der Waals surface area contributed by atoms with Crippen molar-refractivity contribution in [2.45, 2.75) is 32.9 Å². The molecule has 0 spiro atoms. The van der Waals surface area contributed by atoms with Crippen molar-refractivity contribution in [3.8, 4) is 0 Å². The molecule has 33 heavy (non-hydrogen) atoms. The van der Waals surface area contributed by atoms with Crippen LogP contribution in [-0.2, 0) is 30.7 Å². The maximum atomic E-state index is 13.3. The number of rotatable bonds is 9. The van der Waals surface area contributed by atoms with Crippen LogP contribution in [0.15, 0.2) is 60.7 Å². The van der Waals surface area contributed by atoms with Gasteiger partial charge in [-0.3, -0.25) is 9.69 Å². The maximum absolute atomic E-state index is 13.3. The highest BCUT2D eigenvalue weighted by Crippen LogP contribution is 2.22. The number of morpholine rings is 1. The van der Waals surface area contributed by atoms with E-state index >= 15 is 0 Å². The van der Waals surface area contributed by atoms with Gasteiger partial charge in [0.1, 0.15) is 5.82 Å². The van der Waals surface area contributed by atoms with Gasteiger partial charge in [0.15, 0.2) is 0 Å². The first-order valence-electron chi connectivity index (χ1n) is 11.7. The normalized spacial score (nSPS) is 14.4. The molecule has 1 aliphatic rings. The van der Waals surface area contributed by atoms with E-state index in [0.29, 0.717) is 13.0 Å². The van der Waals surface area contributed by atoms with Gasteiger partial charge in [-0.2, -0.15) is 0 Å². The van der Waals surface area contributed by atoms with Crippen molar-refractivity contribution in [1.29, 1.82) is 0 Å². The van der Waals surface area contributed by atoms with E-state index in [2.05, 4.69) is 33.8 Å². The van der Waals surface area contributed by atoms with Gasteiger partial charge in [-0.25, -0.2) is 4.39 Å². The number of carbonyl (C=O) groups is 1. The monoisotopic (exact) mass is 449 g/mol. The molecule has 2 aromatic carbocycles. The van der Waals surface area contributed by atoms with Crippen molar-refractivity contribution in [1.82, 2.24) is 14.8 Å². The molecule has 6 heteroatoms. The molecule has 0 aliphatic carbocycles. The van der Waals surface area contributed by atoms with Crippen LogP contribution in [0, 0.1) is 5.82 Å². The molecule has 3 aromatic rings. The summed E-state index contributed by atoms with van der Waals surface area (Å²) in [7, 11) is 0. The Labute approximate surface area is 195 Å². The first kappa shape index (κ1) is 23.2. The number of aromatic nitrogens is 1. The first-order valence-corrected chi connectivity index (χ1v) is 11.7. The summed E-state index contributed by atoms with van der Waals surface area (Å²) in [6.45, 7) is 7.72. The van der Waals surface area contributed by atoms with Crippen LogP contribution in [0.1, 0.15) is 39.8 Å². The Morgan fingerprint density at radius 3 is 2.42 bits per heavy atom. The zero-order valence-corrected chi connectivity index (χ0v) is 19.2. The second-order valence-corrected chi connectivity index (χ2v) is 8.43. The van der Waals surface area contributed by atoms with Crippen molar-refractivity contribution in [3.05, 3.63) is 94.6 Å². The molecule has 0 radical (unpaired) electrons.